The van der Waals surface area contributed by atoms with Crippen LogP contribution in [0, 0.1) is 0 Å². The molecule has 0 fully saturated rings. The summed E-state index contributed by atoms with van der Waals surface area (Å²) in [5.41, 5.74) is 10.6. The number of hydrogen-bond acceptors (Lipinski definition) is 3. The average molecular weight is 174 g/mol. The summed E-state index contributed by atoms with van der Waals surface area (Å²) in [5.74, 6) is -0.908. The third-order valence-electron chi connectivity index (χ3n) is 1.79. The van der Waals surface area contributed by atoms with E-state index >= 15 is 0 Å². The molecule has 0 saturated heterocycles. The number of carboxylic acid groups (broad SMARTS) is 1. The molecule has 0 aromatic carbocycles. The minimum atomic E-state index is -0.908. The van der Waals surface area contributed by atoms with Crippen molar-refractivity contribution in [2.24, 2.45) is 11.5 Å². The first-order chi connectivity index (χ1) is 5.68. The fourth-order valence-corrected chi connectivity index (χ4v) is 0.986. The van der Waals surface area contributed by atoms with Crippen molar-refractivity contribution in [3.63, 3.8) is 0 Å². The van der Waals surface area contributed by atoms with Gasteiger partial charge in [-0.15, -0.1) is 0 Å². The molecule has 0 aromatic rings. The topological polar surface area (TPSA) is 89.3 Å². The van der Waals surface area contributed by atoms with Gasteiger partial charge in [-0.05, 0) is 19.4 Å². The molecule has 5 N–H and O–H groups in total. The van der Waals surface area contributed by atoms with E-state index in [0.29, 0.717) is 13.0 Å². The highest BCUT2D eigenvalue weighted by molar-refractivity contribution is 5.72. The van der Waals surface area contributed by atoms with Gasteiger partial charge in [0.1, 0.15) is 6.04 Å². The minimum Gasteiger partial charge on any atom is -0.480 e. The number of carboxylic acids is 1. The highest BCUT2D eigenvalue weighted by Crippen LogP contribution is 2.03. The molecule has 0 aliphatic rings. The van der Waals surface area contributed by atoms with Gasteiger partial charge in [0.2, 0.25) is 0 Å². The van der Waals surface area contributed by atoms with Gasteiger partial charge in [-0.3, -0.25) is 4.79 Å². The van der Waals surface area contributed by atoms with Crippen molar-refractivity contribution in [2.75, 3.05) is 6.54 Å². The summed E-state index contributed by atoms with van der Waals surface area (Å²) < 4.78 is 0. The van der Waals surface area contributed by atoms with Crippen LogP contribution in [0.4, 0.5) is 0 Å². The molecule has 4 nitrogen and oxygen atoms in total. The first-order valence-corrected chi connectivity index (χ1v) is 4.37. The molecule has 0 bridgehead atoms. The Bertz CT molecular complexity index is 128. The summed E-state index contributed by atoms with van der Waals surface area (Å²) in [6, 6.07) is -0.692. The van der Waals surface area contributed by atoms with Gasteiger partial charge in [-0.25, -0.2) is 0 Å². The van der Waals surface area contributed by atoms with Crippen molar-refractivity contribution < 1.29 is 9.90 Å². The number of hydrogen-bond donors (Lipinski definition) is 3. The van der Waals surface area contributed by atoms with Gasteiger partial charge in [-0.2, -0.15) is 0 Å². The fraction of sp³-hybridized carbons (Fsp3) is 0.875. The number of nitrogens with two attached hydrogens (primary N) is 2. The van der Waals surface area contributed by atoms with Gasteiger partial charge in [0.25, 0.3) is 0 Å². The largest absolute Gasteiger partial charge is 0.480 e. The van der Waals surface area contributed by atoms with Gasteiger partial charge in [0.05, 0.1) is 0 Å². The molecule has 1 atom stereocenters. The van der Waals surface area contributed by atoms with Crippen molar-refractivity contribution in [3.05, 3.63) is 0 Å². The zero-order valence-electron chi connectivity index (χ0n) is 7.33. The second-order valence-corrected chi connectivity index (χ2v) is 2.94. The van der Waals surface area contributed by atoms with E-state index in [4.69, 9.17) is 16.6 Å². The van der Waals surface area contributed by atoms with Crippen molar-refractivity contribution in [1.82, 2.24) is 0 Å². The molecule has 0 unspecified atom stereocenters. The molecule has 12 heavy (non-hydrogen) atoms. The van der Waals surface area contributed by atoms with Gasteiger partial charge in [-0.1, -0.05) is 19.3 Å². The van der Waals surface area contributed by atoms with Crippen LogP contribution in [-0.4, -0.2) is 23.7 Å². The maximum Gasteiger partial charge on any atom is 0.320 e. The number of aliphatic carboxylic acids is 1. The van der Waals surface area contributed by atoms with E-state index in [0.717, 1.165) is 25.7 Å². The van der Waals surface area contributed by atoms with Crippen LogP contribution in [0.5, 0.6) is 0 Å². The second kappa shape index (κ2) is 7.06. The van der Waals surface area contributed by atoms with E-state index in [-0.39, 0.29) is 0 Å². The third kappa shape index (κ3) is 6.12. The quantitative estimate of drug-likeness (QED) is 0.484. The molecule has 0 aliphatic heterocycles. The van der Waals surface area contributed by atoms with E-state index in [1.54, 1.807) is 0 Å². The van der Waals surface area contributed by atoms with Crippen molar-refractivity contribution >= 4 is 5.97 Å². The molecule has 0 radical (unpaired) electrons. The smallest absolute Gasteiger partial charge is 0.320 e. The van der Waals surface area contributed by atoms with Crippen LogP contribution in [0.25, 0.3) is 0 Å². The Labute approximate surface area is 72.9 Å². The molecule has 0 aromatic heterocycles. The lowest BCUT2D eigenvalue weighted by atomic mass is 10.1. The van der Waals surface area contributed by atoms with Crippen LogP contribution in [-0.2, 0) is 4.79 Å². The van der Waals surface area contributed by atoms with Crippen LogP contribution in [0.2, 0.25) is 0 Å². The zero-order chi connectivity index (χ0) is 9.40. The van der Waals surface area contributed by atoms with Crippen molar-refractivity contribution in [2.45, 2.75) is 38.1 Å². The van der Waals surface area contributed by atoms with Gasteiger partial charge in [0.15, 0.2) is 0 Å². The van der Waals surface area contributed by atoms with E-state index < -0.39 is 12.0 Å². The Morgan fingerprint density at radius 3 is 2.33 bits per heavy atom. The Morgan fingerprint density at radius 1 is 1.25 bits per heavy atom. The molecule has 0 amide bonds. The predicted molar refractivity (Wildman–Crippen MR) is 47.8 cm³/mol. The first kappa shape index (κ1) is 11.4. The molecular weight excluding hydrogens is 156 g/mol. The van der Waals surface area contributed by atoms with Crippen LogP contribution >= 0.6 is 0 Å². The number of carbonyl (C=O) groups is 1. The molecule has 72 valence electrons. The maximum absolute atomic E-state index is 10.3. The SMILES string of the molecule is NCCCCCC[C@H](N)C(=O)O. The van der Waals surface area contributed by atoms with Crippen LogP contribution in [0.3, 0.4) is 0 Å². The Hall–Kier alpha value is -0.610. The molecule has 0 heterocycles. The maximum atomic E-state index is 10.3. The summed E-state index contributed by atoms with van der Waals surface area (Å²) in [6.45, 7) is 0.713. The zero-order valence-corrected chi connectivity index (χ0v) is 7.33. The Kier molecular flexibility index (Phi) is 6.70. The van der Waals surface area contributed by atoms with Crippen LogP contribution < -0.4 is 11.5 Å². The number of unbranched alkanes of at least 4 members (excludes halogenated alkanes) is 3. The molecule has 0 aliphatic carbocycles. The normalized spacial score (nSPS) is 12.8. The molecular formula is C8H18N2O2. The third-order valence-corrected chi connectivity index (χ3v) is 1.79. The lowest BCUT2D eigenvalue weighted by molar-refractivity contribution is -0.138. The summed E-state index contributed by atoms with van der Waals surface area (Å²) in [7, 11) is 0. The average Bonchev–Trinajstić information content (AvgIpc) is 2.03. The highest BCUT2D eigenvalue weighted by Gasteiger charge is 2.09. The monoisotopic (exact) mass is 174 g/mol. The lowest BCUT2D eigenvalue weighted by Crippen LogP contribution is -2.29. The van der Waals surface area contributed by atoms with Gasteiger partial charge in [0, 0.05) is 0 Å². The predicted octanol–water partition coefficient (Wildman–Crippen LogP) is 0.308. The summed E-state index contributed by atoms with van der Waals surface area (Å²) >= 11 is 0. The van der Waals surface area contributed by atoms with Crippen molar-refractivity contribution in [3.8, 4) is 0 Å². The molecule has 4 heteroatoms. The van der Waals surface area contributed by atoms with E-state index in [9.17, 15) is 4.79 Å². The Balaban J connectivity index is 3.14. The summed E-state index contributed by atoms with van der Waals surface area (Å²) in [4.78, 5) is 10.3. The van der Waals surface area contributed by atoms with E-state index in [1.807, 2.05) is 0 Å². The van der Waals surface area contributed by atoms with Crippen LogP contribution in [0.1, 0.15) is 32.1 Å². The summed E-state index contributed by atoms with van der Waals surface area (Å²) in [5, 5.41) is 8.44. The second-order valence-electron chi connectivity index (χ2n) is 2.94. The van der Waals surface area contributed by atoms with Crippen LogP contribution in [0.15, 0.2) is 0 Å². The molecule has 0 rings (SSSR count). The highest BCUT2D eigenvalue weighted by atomic mass is 16.4. The number of rotatable bonds is 7. The Morgan fingerprint density at radius 2 is 1.83 bits per heavy atom. The van der Waals surface area contributed by atoms with Gasteiger partial charge >= 0.3 is 5.97 Å². The van der Waals surface area contributed by atoms with Crippen molar-refractivity contribution in [1.29, 1.82) is 0 Å². The standard InChI is InChI=1S/C8H18N2O2/c9-6-4-2-1-3-5-7(10)8(11)12/h7H,1-6,9-10H2,(H,11,12)/t7-/m0/s1. The first-order valence-electron chi connectivity index (χ1n) is 4.37. The fourth-order valence-electron chi connectivity index (χ4n) is 0.986. The molecule has 0 spiro atoms. The summed E-state index contributed by atoms with van der Waals surface area (Å²) in [6.07, 6.45) is 4.57. The lowest BCUT2D eigenvalue weighted by Gasteiger charge is -2.04. The van der Waals surface area contributed by atoms with E-state index in [2.05, 4.69) is 0 Å². The minimum absolute atomic E-state index is 0.569. The van der Waals surface area contributed by atoms with E-state index in [1.165, 1.54) is 0 Å². The molecule has 0 saturated carbocycles. The van der Waals surface area contributed by atoms with Gasteiger partial charge < -0.3 is 16.6 Å².